The SMILES string of the molecule is NCC(c1ccccc1F)N(Cc1ccsc1)C1CC1. The van der Waals surface area contributed by atoms with Gasteiger partial charge in [-0.2, -0.15) is 11.3 Å². The van der Waals surface area contributed by atoms with E-state index in [1.165, 1.54) is 24.5 Å². The van der Waals surface area contributed by atoms with Gasteiger partial charge in [0.2, 0.25) is 0 Å². The Morgan fingerprint density at radius 1 is 1.30 bits per heavy atom. The van der Waals surface area contributed by atoms with E-state index in [0.29, 0.717) is 12.6 Å². The molecule has 1 heterocycles. The van der Waals surface area contributed by atoms with Gasteiger partial charge in [-0.3, -0.25) is 4.90 Å². The Bertz CT molecular complexity index is 551. The molecule has 0 radical (unpaired) electrons. The van der Waals surface area contributed by atoms with Crippen LogP contribution in [0, 0.1) is 5.82 Å². The third-order valence-electron chi connectivity index (χ3n) is 3.85. The molecule has 1 aliphatic carbocycles. The van der Waals surface area contributed by atoms with Crippen LogP contribution in [0.3, 0.4) is 0 Å². The van der Waals surface area contributed by atoms with Gasteiger partial charge in [0.15, 0.2) is 0 Å². The second-order valence-electron chi connectivity index (χ2n) is 5.31. The van der Waals surface area contributed by atoms with Crippen molar-refractivity contribution in [2.75, 3.05) is 6.54 Å². The highest BCUT2D eigenvalue weighted by molar-refractivity contribution is 7.07. The molecule has 106 valence electrons. The van der Waals surface area contributed by atoms with Crippen LogP contribution in [0.25, 0.3) is 0 Å². The first-order valence-corrected chi connectivity index (χ1v) is 7.95. The highest BCUT2D eigenvalue weighted by Gasteiger charge is 2.35. The van der Waals surface area contributed by atoms with Gasteiger partial charge in [-0.05, 0) is 41.3 Å². The summed E-state index contributed by atoms with van der Waals surface area (Å²) < 4.78 is 14.1. The predicted octanol–water partition coefficient (Wildman–Crippen LogP) is 3.55. The summed E-state index contributed by atoms with van der Waals surface area (Å²) in [5, 5.41) is 4.24. The monoisotopic (exact) mass is 290 g/mol. The number of rotatable bonds is 6. The van der Waals surface area contributed by atoms with E-state index in [4.69, 9.17) is 5.73 Å². The summed E-state index contributed by atoms with van der Waals surface area (Å²) in [6.45, 7) is 1.30. The number of benzene rings is 1. The number of nitrogens with two attached hydrogens (primary N) is 1. The Balaban J connectivity index is 1.86. The summed E-state index contributed by atoms with van der Waals surface area (Å²) in [7, 11) is 0. The molecule has 1 atom stereocenters. The Labute approximate surface area is 123 Å². The summed E-state index contributed by atoms with van der Waals surface area (Å²) in [6, 6.07) is 9.63. The lowest BCUT2D eigenvalue weighted by molar-refractivity contribution is 0.178. The van der Waals surface area contributed by atoms with E-state index in [9.17, 15) is 4.39 Å². The fourth-order valence-electron chi connectivity index (χ4n) is 2.68. The molecule has 4 heteroatoms. The zero-order valence-corrected chi connectivity index (χ0v) is 12.2. The molecule has 2 N–H and O–H groups in total. The highest BCUT2D eigenvalue weighted by atomic mass is 32.1. The van der Waals surface area contributed by atoms with Crippen molar-refractivity contribution in [2.45, 2.75) is 31.5 Å². The average molecular weight is 290 g/mol. The van der Waals surface area contributed by atoms with Crippen LogP contribution in [-0.4, -0.2) is 17.5 Å². The van der Waals surface area contributed by atoms with Gasteiger partial charge in [-0.1, -0.05) is 18.2 Å². The van der Waals surface area contributed by atoms with Gasteiger partial charge in [0.25, 0.3) is 0 Å². The molecule has 1 saturated carbocycles. The summed E-state index contributed by atoms with van der Waals surface area (Å²) in [5.41, 5.74) is 7.97. The third kappa shape index (κ3) is 2.92. The number of nitrogens with zero attached hydrogens (tertiary/aromatic N) is 1. The van der Waals surface area contributed by atoms with Gasteiger partial charge in [0.05, 0.1) is 6.04 Å². The van der Waals surface area contributed by atoms with E-state index in [2.05, 4.69) is 21.7 Å². The van der Waals surface area contributed by atoms with E-state index in [1.807, 2.05) is 12.1 Å². The molecule has 1 aliphatic rings. The summed E-state index contributed by atoms with van der Waals surface area (Å²) in [6.07, 6.45) is 2.38. The molecule has 1 aromatic heterocycles. The highest BCUT2D eigenvalue weighted by Crippen LogP contribution is 2.36. The molecule has 2 nitrogen and oxygen atoms in total. The van der Waals surface area contributed by atoms with Crippen LogP contribution in [0.15, 0.2) is 41.1 Å². The lowest BCUT2D eigenvalue weighted by Crippen LogP contribution is -2.35. The van der Waals surface area contributed by atoms with E-state index in [1.54, 1.807) is 17.4 Å². The smallest absolute Gasteiger partial charge is 0.128 e. The van der Waals surface area contributed by atoms with Gasteiger partial charge < -0.3 is 5.73 Å². The number of hydrogen-bond donors (Lipinski definition) is 1. The first-order chi connectivity index (χ1) is 9.79. The van der Waals surface area contributed by atoms with Crippen LogP contribution in [0.1, 0.15) is 30.0 Å². The number of halogens is 1. The molecular formula is C16H19FN2S. The second-order valence-corrected chi connectivity index (χ2v) is 6.09. The Morgan fingerprint density at radius 3 is 2.70 bits per heavy atom. The van der Waals surface area contributed by atoms with Crippen LogP contribution in [0.5, 0.6) is 0 Å². The van der Waals surface area contributed by atoms with E-state index in [-0.39, 0.29) is 11.9 Å². The molecule has 3 rings (SSSR count). The van der Waals surface area contributed by atoms with Gasteiger partial charge in [0, 0.05) is 24.7 Å². The van der Waals surface area contributed by atoms with Crippen LogP contribution in [0.4, 0.5) is 4.39 Å². The zero-order valence-electron chi connectivity index (χ0n) is 11.3. The second kappa shape index (κ2) is 6.04. The van der Waals surface area contributed by atoms with Crippen molar-refractivity contribution < 1.29 is 4.39 Å². The minimum absolute atomic E-state index is 0.0383. The van der Waals surface area contributed by atoms with E-state index in [0.717, 1.165) is 12.1 Å². The Hall–Kier alpha value is -1.23. The molecular weight excluding hydrogens is 271 g/mol. The molecule has 0 aliphatic heterocycles. The third-order valence-corrected chi connectivity index (χ3v) is 4.58. The first kappa shape index (κ1) is 13.7. The zero-order chi connectivity index (χ0) is 13.9. The molecule has 1 aromatic carbocycles. The lowest BCUT2D eigenvalue weighted by Gasteiger charge is -2.31. The maximum Gasteiger partial charge on any atom is 0.128 e. The van der Waals surface area contributed by atoms with Crippen molar-refractivity contribution in [2.24, 2.45) is 5.73 Å². The largest absolute Gasteiger partial charge is 0.329 e. The molecule has 0 amide bonds. The van der Waals surface area contributed by atoms with Crippen LogP contribution in [-0.2, 0) is 6.54 Å². The molecule has 0 bridgehead atoms. The van der Waals surface area contributed by atoms with E-state index >= 15 is 0 Å². The summed E-state index contributed by atoms with van der Waals surface area (Å²) in [5.74, 6) is -0.154. The molecule has 1 fully saturated rings. The van der Waals surface area contributed by atoms with Gasteiger partial charge in [0.1, 0.15) is 5.82 Å². The molecule has 1 unspecified atom stereocenters. The molecule has 20 heavy (non-hydrogen) atoms. The van der Waals surface area contributed by atoms with Crippen molar-refractivity contribution in [3.8, 4) is 0 Å². The van der Waals surface area contributed by atoms with Crippen molar-refractivity contribution in [1.82, 2.24) is 4.90 Å². The van der Waals surface area contributed by atoms with Crippen molar-refractivity contribution >= 4 is 11.3 Å². The van der Waals surface area contributed by atoms with Crippen molar-refractivity contribution in [1.29, 1.82) is 0 Å². The fraction of sp³-hybridized carbons (Fsp3) is 0.375. The van der Waals surface area contributed by atoms with Gasteiger partial charge >= 0.3 is 0 Å². The van der Waals surface area contributed by atoms with Crippen molar-refractivity contribution in [3.05, 3.63) is 58.0 Å². The molecule has 0 saturated heterocycles. The lowest BCUT2D eigenvalue weighted by atomic mass is 10.0. The van der Waals surface area contributed by atoms with Crippen LogP contribution < -0.4 is 5.73 Å². The maximum atomic E-state index is 14.1. The molecule has 2 aromatic rings. The van der Waals surface area contributed by atoms with Crippen molar-refractivity contribution in [3.63, 3.8) is 0 Å². The fourth-order valence-corrected chi connectivity index (χ4v) is 3.34. The minimum atomic E-state index is -0.154. The standard InChI is InChI=1S/C16H19FN2S/c17-15-4-2-1-3-14(15)16(9-18)19(13-5-6-13)10-12-7-8-20-11-12/h1-4,7-8,11,13,16H,5-6,9-10,18H2. The molecule has 0 spiro atoms. The first-order valence-electron chi connectivity index (χ1n) is 7.01. The average Bonchev–Trinajstić information content (AvgIpc) is 3.18. The van der Waals surface area contributed by atoms with Crippen LogP contribution in [0.2, 0.25) is 0 Å². The van der Waals surface area contributed by atoms with E-state index < -0.39 is 0 Å². The summed E-state index contributed by atoms with van der Waals surface area (Å²) in [4.78, 5) is 2.36. The quantitative estimate of drug-likeness (QED) is 0.881. The maximum absolute atomic E-state index is 14.1. The number of thiophene rings is 1. The van der Waals surface area contributed by atoms with Gasteiger partial charge in [-0.15, -0.1) is 0 Å². The summed E-state index contributed by atoms with van der Waals surface area (Å²) >= 11 is 1.70. The van der Waals surface area contributed by atoms with Gasteiger partial charge in [-0.25, -0.2) is 4.39 Å². The van der Waals surface area contributed by atoms with Crippen LogP contribution >= 0.6 is 11.3 Å². The minimum Gasteiger partial charge on any atom is -0.329 e. The normalized spacial score (nSPS) is 16.6. The predicted molar refractivity (Wildman–Crippen MR) is 81.1 cm³/mol. The Morgan fingerprint density at radius 2 is 2.10 bits per heavy atom. The topological polar surface area (TPSA) is 29.3 Å². The Kier molecular flexibility index (Phi) is 4.15. The number of hydrogen-bond acceptors (Lipinski definition) is 3.